The zero-order valence-electron chi connectivity index (χ0n) is 16.2. The van der Waals surface area contributed by atoms with Crippen LogP contribution < -0.4 is 4.31 Å². The highest BCUT2D eigenvalue weighted by molar-refractivity contribution is 7.93. The predicted octanol–water partition coefficient (Wildman–Crippen LogP) is 5.32. The highest BCUT2D eigenvalue weighted by Gasteiger charge is 2.29. The SMILES string of the molecule is Cc1cc(C)c(C)c(S(=O)(=O)N(Cc2ccccc2)c2ccccc2)c1C. The van der Waals surface area contributed by atoms with E-state index in [2.05, 4.69) is 0 Å². The van der Waals surface area contributed by atoms with Gasteiger partial charge >= 0.3 is 0 Å². The van der Waals surface area contributed by atoms with Gasteiger partial charge in [-0.05, 0) is 67.6 Å². The first-order chi connectivity index (χ1) is 12.8. The molecule has 0 atom stereocenters. The molecule has 0 aromatic heterocycles. The lowest BCUT2D eigenvalue weighted by atomic mass is 10.0. The molecule has 0 aliphatic heterocycles. The first-order valence-corrected chi connectivity index (χ1v) is 10.5. The summed E-state index contributed by atoms with van der Waals surface area (Å²) in [4.78, 5) is 0.416. The zero-order chi connectivity index (χ0) is 19.6. The van der Waals surface area contributed by atoms with E-state index < -0.39 is 10.0 Å². The molecule has 0 aliphatic rings. The first kappa shape index (κ1) is 19.2. The van der Waals surface area contributed by atoms with Crippen LogP contribution in [-0.4, -0.2) is 8.42 Å². The largest absolute Gasteiger partial charge is 0.265 e. The van der Waals surface area contributed by atoms with Crippen LogP contribution in [0.3, 0.4) is 0 Å². The Morgan fingerprint density at radius 2 is 1.22 bits per heavy atom. The van der Waals surface area contributed by atoms with Gasteiger partial charge in [-0.1, -0.05) is 54.6 Å². The van der Waals surface area contributed by atoms with Crippen molar-refractivity contribution in [3.8, 4) is 0 Å². The maximum Gasteiger partial charge on any atom is 0.265 e. The summed E-state index contributed by atoms with van der Waals surface area (Å²) in [6, 6.07) is 21.0. The molecule has 0 spiro atoms. The fraction of sp³-hybridized carbons (Fsp3) is 0.217. The summed E-state index contributed by atoms with van der Waals surface area (Å²) >= 11 is 0. The van der Waals surface area contributed by atoms with E-state index in [0.29, 0.717) is 17.1 Å². The van der Waals surface area contributed by atoms with E-state index in [0.717, 1.165) is 27.8 Å². The van der Waals surface area contributed by atoms with Gasteiger partial charge in [0.1, 0.15) is 0 Å². The van der Waals surface area contributed by atoms with Gasteiger partial charge in [-0.3, -0.25) is 4.31 Å². The Hall–Kier alpha value is -2.59. The third kappa shape index (κ3) is 3.76. The molecule has 0 fully saturated rings. The molecule has 3 aromatic carbocycles. The van der Waals surface area contributed by atoms with Crippen LogP contribution in [-0.2, 0) is 16.6 Å². The summed E-state index contributed by atoms with van der Waals surface area (Å²) in [6.45, 7) is 8.00. The van der Waals surface area contributed by atoms with E-state index in [9.17, 15) is 8.42 Å². The Morgan fingerprint density at radius 3 is 1.74 bits per heavy atom. The van der Waals surface area contributed by atoms with Gasteiger partial charge in [0.25, 0.3) is 10.0 Å². The Labute approximate surface area is 162 Å². The standard InChI is InChI=1S/C23H25NO2S/c1-17-15-18(2)20(4)23(19(17)3)27(25,26)24(22-13-9-6-10-14-22)16-21-11-7-5-8-12-21/h5-15H,16H2,1-4H3. The molecule has 0 heterocycles. The van der Waals surface area contributed by atoms with Gasteiger partial charge in [-0.15, -0.1) is 0 Å². The van der Waals surface area contributed by atoms with Crippen molar-refractivity contribution in [2.24, 2.45) is 0 Å². The second-order valence-electron chi connectivity index (χ2n) is 6.92. The Kier molecular flexibility index (Phi) is 5.38. The molecule has 0 amide bonds. The van der Waals surface area contributed by atoms with Gasteiger partial charge in [0.15, 0.2) is 0 Å². The molecular formula is C23H25NO2S. The monoisotopic (exact) mass is 379 g/mol. The molecule has 0 N–H and O–H groups in total. The molecule has 0 bridgehead atoms. The second-order valence-corrected chi connectivity index (χ2v) is 8.72. The minimum atomic E-state index is -3.73. The van der Waals surface area contributed by atoms with E-state index in [1.807, 2.05) is 94.4 Å². The number of para-hydroxylation sites is 1. The molecule has 0 unspecified atom stereocenters. The maximum absolute atomic E-state index is 13.8. The quantitative estimate of drug-likeness (QED) is 0.602. The summed E-state index contributed by atoms with van der Waals surface area (Å²) in [6.07, 6.45) is 0. The van der Waals surface area contributed by atoms with Crippen molar-refractivity contribution in [2.45, 2.75) is 39.1 Å². The lowest BCUT2D eigenvalue weighted by Gasteiger charge is -2.27. The van der Waals surface area contributed by atoms with Crippen molar-refractivity contribution in [3.63, 3.8) is 0 Å². The molecular weight excluding hydrogens is 354 g/mol. The van der Waals surface area contributed by atoms with Crippen LogP contribution in [0.25, 0.3) is 0 Å². The van der Waals surface area contributed by atoms with Crippen LogP contribution in [0.4, 0.5) is 5.69 Å². The van der Waals surface area contributed by atoms with Crippen LogP contribution >= 0.6 is 0 Å². The van der Waals surface area contributed by atoms with E-state index in [-0.39, 0.29) is 0 Å². The molecule has 3 nitrogen and oxygen atoms in total. The van der Waals surface area contributed by atoms with Crippen molar-refractivity contribution in [2.75, 3.05) is 4.31 Å². The van der Waals surface area contributed by atoms with Crippen molar-refractivity contribution >= 4 is 15.7 Å². The number of benzene rings is 3. The molecule has 0 saturated heterocycles. The number of hydrogen-bond donors (Lipinski definition) is 0. The summed E-state index contributed by atoms with van der Waals surface area (Å²) in [5.41, 5.74) is 5.22. The highest BCUT2D eigenvalue weighted by Crippen LogP contribution is 2.32. The Balaban J connectivity index is 2.20. The maximum atomic E-state index is 13.8. The molecule has 27 heavy (non-hydrogen) atoms. The molecule has 3 rings (SSSR count). The van der Waals surface area contributed by atoms with Crippen molar-refractivity contribution in [1.82, 2.24) is 0 Å². The number of nitrogens with zero attached hydrogens (tertiary/aromatic N) is 1. The van der Waals surface area contributed by atoms with Crippen molar-refractivity contribution < 1.29 is 8.42 Å². The first-order valence-electron chi connectivity index (χ1n) is 9.01. The van der Waals surface area contributed by atoms with E-state index in [4.69, 9.17) is 0 Å². The van der Waals surface area contributed by atoms with Gasteiger partial charge < -0.3 is 0 Å². The lowest BCUT2D eigenvalue weighted by Crippen LogP contribution is -2.32. The van der Waals surface area contributed by atoms with Gasteiger partial charge in [-0.25, -0.2) is 8.42 Å². The average molecular weight is 380 g/mol. The average Bonchev–Trinajstić information content (AvgIpc) is 2.66. The Bertz CT molecular complexity index is 1020. The molecule has 140 valence electrons. The smallest absolute Gasteiger partial charge is 0.262 e. The van der Waals surface area contributed by atoms with Crippen molar-refractivity contribution in [1.29, 1.82) is 0 Å². The third-order valence-corrected chi connectivity index (χ3v) is 7.11. The normalized spacial score (nSPS) is 11.4. The molecule has 3 aromatic rings. The van der Waals surface area contributed by atoms with Crippen LogP contribution in [0.5, 0.6) is 0 Å². The number of anilines is 1. The summed E-state index contributed by atoms with van der Waals surface area (Å²) in [5.74, 6) is 0. The summed E-state index contributed by atoms with van der Waals surface area (Å²) in [5, 5.41) is 0. The number of rotatable bonds is 5. The molecule has 0 saturated carbocycles. The predicted molar refractivity (Wildman–Crippen MR) is 112 cm³/mol. The number of hydrogen-bond acceptors (Lipinski definition) is 2. The van der Waals surface area contributed by atoms with Gasteiger partial charge in [0, 0.05) is 0 Å². The zero-order valence-corrected chi connectivity index (χ0v) is 17.0. The minimum Gasteiger partial charge on any atom is -0.262 e. The molecule has 4 heteroatoms. The van der Waals surface area contributed by atoms with Gasteiger partial charge in [0.2, 0.25) is 0 Å². The van der Waals surface area contributed by atoms with Crippen LogP contribution in [0.1, 0.15) is 27.8 Å². The molecule has 0 aliphatic carbocycles. The topological polar surface area (TPSA) is 37.4 Å². The fourth-order valence-electron chi connectivity index (χ4n) is 3.34. The van der Waals surface area contributed by atoms with Gasteiger partial charge in [0.05, 0.1) is 17.1 Å². The summed E-state index contributed by atoms with van der Waals surface area (Å²) in [7, 11) is -3.73. The van der Waals surface area contributed by atoms with Crippen LogP contribution in [0.2, 0.25) is 0 Å². The number of aryl methyl sites for hydroxylation is 2. The highest BCUT2D eigenvalue weighted by atomic mass is 32.2. The van der Waals surface area contributed by atoms with Crippen LogP contribution in [0.15, 0.2) is 71.6 Å². The summed E-state index contributed by atoms with van der Waals surface area (Å²) < 4.78 is 29.1. The van der Waals surface area contributed by atoms with Crippen molar-refractivity contribution in [3.05, 3.63) is 94.5 Å². The molecule has 0 radical (unpaired) electrons. The van der Waals surface area contributed by atoms with Crippen LogP contribution in [0, 0.1) is 27.7 Å². The van der Waals surface area contributed by atoms with E-state index in [1.54, 1.807) is 0 Å². The van der Waals surface area contributed by atoms with E-state index in [1.165, 1.54) is 4.31 Å². The van der Waals surface area contributed by atoms with E-state index >= 15 is 0 Å². The van der Waals surface area contributed by atoms with Gasteiger partial charge in [-0.2, -0.15) is 0 Å². The number of sulfonamides is 1. The lowest BCUT2D eigenvalue weighted by molar-refractivity contribution is 0.589. The fourth-order valence-corrected chi connectivity index (χ4v) is 5.37. The minimum absolute atomic E-state index is 0.291. The second kappa shape index (κ2) is 7.57. The third-order valence-electron chi connectivity index (χ3n) is 5.06. The Morgan fingerprint density at radius 1 is 0.741 bits per heavy atom.